The Morgan fingerprint density at radius 3 is 2.36 bits per heavy atom. The third-order valence-corrected chi connectivity index (χ3v) is 4.90. The Hall–Kier alpha value is -3.08. The average molecular weight is 377 g/mol. The van der Waals surface area contributed by atoms with Crippen LogP contribution in [0.25, 0.3) is 0 Å². The number of hydrogen-bond donors (Lipinski definition) is 0. The molecule has 0 bridgehead atoms. The number of rotatable bonds is 7. The van der Waals surface area contributed by atoms with E-state index in [-0.39, 0.29) is 11.9 Å². The van der Waals surface area contributed by atoms with Crippen molar-refractivity contribution in [2.75, 3.05) is 7.05 Å². The van der Waals surface area contributed by atoms with Gasteiger partial charge in [0, 0.05) is 32.1 Å². The first-order chi connectivity index (χ1) is 13.5. The van der Waals surface area contributed by atoms with Crippen LogP contribution in [-0.2, 0) is 13.7 Å². The summed E-state index contributed by atoms with van der Waals surface area (Å²) < 4.78 is 7.69. The molecule has 0 N–H and O–H groups in total. The number of imidazole rings is 1. The summed E-state index contributed by atoms with van der Waals surface area (Å²) in [4.78, 5) is 19.1. The van der Waals surface area contributed by atoms with Gasteiger partial charge in [-0.15, -0.1) is 0 Å². The molecule has 3 rings (SSSR count). The quantitative estimate of drug-likeness (QED) is 0.610. The number of benzene rings is 2. The van der Waals surface area contributed by atoms with Crippen LogP contribution in [-0.4, -0.2) is 27.4 Å². The van der Waals surface area contributed by atoms with Gasteiger partial charge in [0.1, 0.15) is 18.2 Å². The minimum Gasteiger partial charge on any atom is -0.486 e. The summed E-state index contributed by atoms with van der Waals surface area (Å²) in [5.41, 5.74) is 1.79. The largest absolute Gasteiger partial charge is 0.486 e. The maximum Gasteiger partial charge on any atom is 0.254 e. The summed E-state index contributed by atoms with van der Waals surface area (Å²) in [7, 11) is 3.80. The number of ether oxygens (including phenoxy) is 1. The van der Waals surface area contributed by atoms with Crippen molar-refractivity contribution in [2.45, 2.75) is 26.5 Å². The minimum atomic E-state index is -0.00166. The predicted molar refractivity (Wildman–Crippen MR) is 110 cm³/mol. The van der Waals surface area contributed by atoms with Gasteiger partial charge < -0.3 is 14.2 Å². The molecule has 0 aliphatic rings. The lowest BCUT2D eigenvalue weighted by atomic mass is 9.94. The van der Waals surface area contributed by atoms with E-state index in [1.54, 1.807) is 6.20 Å². The molecule has 0 radical (unpaired) electrons. The summed E-state index contributed by atoms with van der Waals surface area (Å²) in [6.07, 6.45) is 3.63. The van der Waals surface area contributed by atoms with Gasteiger partial charge in [-0.25, -0.2) is 4.98 Å². The molecule has 0 spiro atoms. The van der Waals surface area contributed by atoms with Crippen LogP contribution in [0.2, 0.25) is 0 Å². The molecule has 0 fully saturated rings. The van der Waals surface area contributed by atoms with E-state index in [2.05, 4.69) is 31.0 Å². The fraction of sp³-hybridized carbons (Fsp3) is 0.304. The van der Waals surface area contributed by atoms with Crippen LogP contribution in [0.15, 0.2) is 67.0 Å². The predicted octanol–water partition coefficient (Wildman–Crippen LogP) is 4.47. The number of carbonyl (C=O) groups excluding carboxylic acids is 1. The molecule has 146 valence electrons. The van der Waals surface area contributed by atoms with E-state index in [4.69, 9.17) is 4.74 Å². The third-order valence-electron chi connectivity index (χ3n) is 4.90. The Morgan fingerprint density at radius 2 is 1.79 bits per heavy atom. The van der Waals surface area contributed by atoms with Gasteiger partial charge in [0.15, 0.2) is 0 Å². The first kappa shape index (κ1) is 19.7. The molecule has 1 atom stereocenters. The van der Waals surface area contributed by atoms with Gasteiger partial charge in [0.05, 0.1) is 6.04 Å². The molecule has 0 saturated carbocycles. The molecule has 0 aliphatic carbocycles. The zero-order valence-electron chi connectivity index (χ0n) is 16.9. The number of aryl methyl sites for hydroxylation is 1. The second-order valence-electron chi connectivity index (χ2n) is 7.28. The summed E-state index contributed by atoms with van der Waals surface area (Å²) in [5, 5.41) is 0. The molecule has 3 aromatic rings. The van der Waals surface area contributed by atoms with Gasteiger partial charge in [-0.1, -0.05) is 44.2 Å². The van der Waals surface area contributed by atoms with Crippen LogP contribution in [0, 0.1) is 5.92 Å². The lowest BCUT2D eigenvalue weighted by Gasteiger charge is -2.32. The van der Waals surface area contributed by atoms with E-state index in [0.717, 1.165) is 11.4 Å². The first-order valence-electron chi connectivity index (χ1n) is 9.48. The Kier molecular flexibility index (Phi) is 6.14. The van der Waals surface area contributed by atoms with E-state index in [0.29, 0.717) is 23.8 Å². The van der Waals surface area contributed by atoms with Crippen LogP contribution in [0.5, 0.6) is 5.75 Å². The molecule has 5 heteroatoms. The highest BCUT2D eigenvalue weighted by atomic mass is 16.5. The number of amides is 1. The number of hydrogen-bond acceptors (Lipinski definition) is 3. The van der Waals surface area contributed by atoms with Gasteiger partial charge in [0.25, 0.3) is 5.91 Å². The molecule has 0 aliphatic heterocycles. The van der Waals surface area contributed by atoms with Gasteiger partial charge in [-0.2, -0.15) is 0 Å². The van der Waals surface area contributed by atoms with E-state index in [1.807, 2.05) is 72.2 Å². The second kappa shape index (κ2) is 8.74. The highest BCUT2D eigenvalue weighted by Crippen LogP contribution is 2.29. The maximum absolute atomic E-state index is 13.0. The van der Waals surface area contributed by atoms with Gasteiger partial charge in [-0.05, 0) is 35.7 Å². The fourth-order valence-electron chi connectivity index (χ4n) is 3.41. The van der Waals surface area contributed by atoms with E-state index < -0.39 is 0 Å². The molecule has 1 amide bonds. The molecule has 0 saturated heterocycles. The van der Waals surface area contributed by atoms with E-state index in [1.165, 1.54) is 0 Å². The van der Waals surface area contributed by atoms with Crippen LogP contribution in [0.1, 0.15) is 41.6 Å². The molecule has 5 nitrogen and oxygen atoms in total. The summed E-state index contributed by atoms with van der Waals surface area (Å²) in [5.74, 6) is 1.86. The number of aromatic nitrogens is 2. The summed E-state index contributed by atoms with van der Waals surface area (Å²) in [6.45, 7) is 4.66. The standard InChI is InChI=1S/C23H27N3O2/c1-17(2)22(18-8-6-5-7-9-18)26(4)23(27)19-10-12-20(13-11-19)28-16-21-24-14-15-25(21)3/h5-15,17,22H,16H2,1-4H3. The molecule has 28 heavy (non-hydrogen) atoms. The van der Waals surface area contributed by atoms with E-state index in [9.17, 15) is 4.79 Å². The zero-order valence-corrected chi connectivity index (χ0v) is 16.9. The van der Waals surface area contributed by atoms with Gasteiger partial charge in [0.2, 0.25) is 0 Å². The molecule has 2 aromatic carbocycles. The third kappa shape index (κ3) is 4.42. The SMILES string of the molecule is CC(C)C(c1ccccc1)N(C)C(=O)c1ccc(OCc2nccn2C)cc1. The normalized spacial score (nSPS) is 12.0. The van der Waals surface area contributed by atoms with Crippen molar-refractivity contribution in [3.63, 3.8) is 0 Å². The second-order valence-corrected chi connectivity index (χ2v) is 7.28. The molecular weight excluding hydrogens is 350 g/mol. The van der Waals surface area contributed by atoms with Crippen molar-refractivity contribution in [3.05, 3.63) is 83.9 Å². The highest BCUT2D eigenvalue weighted by Gasteiger charge is 2.25. The van der Waals surface area contributed by atoms with E-state index >= 15 is 0 Å². The van der Waals surface area contributed by atoms with Gasteiger partial charge >= 0.3 is 0 Å². The summed E-state index contributed by atoms with van der Waals surface area (Å²) in [6, 6.07) is 17.5. The Labute approximate surface area is 166 Å². The zero-order chi connectivity index (χ0) is 20.1. The molecular formula is C23H27N3O2. The Morgan fingerprint density at radius 1 is 1.11 bits per heavy atom. The molecule has 1 unspecified atom stereocenters. The topological polar surface area (TPSA) is 47.4 Å². The highest BCUT2D eigenvalue weighted by molar-refractivity contribution is 5.94. The smallest absolute Gasteiger partial charge is 0.254 e. The van der Waals surface area contributed by atoms with Crippen LogP contribution >= 0.6 is 0 Å². The van der Waals surface area contributed by atoms with Crippen LogP contribution in [0.4, 0.5) is 0 Å². The Bertz CT molecular complexity index is 901. The van der Waals surface area contributed by atoms with Crippen molar-refractivity contribution in [2.24, 2.45) is 13.0 Å². The molecule has 1 aromatic heterocycles. The number of carbonyl (C=O) groups is 1. The summed E-state index contributed by atoms with van der Waals surface area (Å²) >= 11 is 0. The van der Waals surface area contributed by atoms with Crippen LogP contribution in [0.3, 0.4) is 0 Å². The van der Waals surface area contributed by atoms with Crippen molar-refractivity contribution in [3.8, 4) is 5.75 Å². The fourth-order valence-corrected chi connectivity index (χ4v) is 3.41. The lowest BCUT2D eigenvalue weighted by molar-refractivity contribution is 0.0687. The van der Waals surface area contributed by atoms with Gasteiger partial charge in [-0.3, -0.25) is 4.79 Å². The monoisotopic (exact) mass is 377 g/mol. The van der Waals surface area contributed by atoms with Crippen molar-refractivity contribution in [1.29, 1.82) is 0 Å². The number of nitrogens with zero attached hydrogens (tertiary/aromatic N) is 3. The lowest BCUT2D eigenvalue weighted by Crippen LogP contribution is -2.34. The first-order valence-corrected chi connectivity index (χ1v) is 9.48. The van der Waals surface area contributed by atoms with Crippen molar-refractivity contribution >= 4 is 5.91 Å². The van der Waals surface area contributed by atoms with Crippen molar-refractivity contribution in [1.82, 2.24) is 14.5 Å². The van der Waals surface area contributed by atoms with Crippen molar-refractivity contribution < 1.29 is 9.53 Å². The maximum atomic E-state index is 13.0. The Balaban J connectivity index is 1.70. The average Bonchev–Trinajstić information content (AvgIpc) is 3.11. The minimum absolute atomic E-state index is 0.00166. The molecule has 1 heterocycles. The van der Waals surface area contributed by atoms with Crippen LogP contribution < -0.4 is 4.74 Å².